The van der Waals surface area contributed by atoms with E-state index in [1.54, 1.807) is 0 Å². The van der Waals surface area contributed by atoms with Gasteiger partial charge in [-0.3, -0.25) is 0 Å². The van der Waals surface area contributed by atoms with E-state index < -0.39 is 0 Å². The van der Waals surface area contributed by atoms with E-state index in [0.717, 1.165) is 87.0 Å². The molecule has 3 aromatic rings. The molecule has 1 aromatic heterocycles. The van der Waals surface area contributed by atoms with Crippen molar-refractivity contribution in [3.05, 3.63) is 71.1 Å². The Morgan fingerprint density at radius 3 is 2.38 bits per heavy atom. The van der Waals surface area contributed by atoms with Gasteiger partial charge in [0.05, 0.1) is 11.8 Å². The third-order valence-corrected chi connectivity index (χ3v) is 7.71. The standard InChI is InChI=1S/C31H39N7O/c1-21(2)39-27-10-8-26(9-11-27)33-30(23-5-6-23)38-13-12-22-4-7-24(18-25(22)20-38)28-19-29(35-31(32)34-28)37-16-14-36(3)15-17-37/h4,7-11,18-19,21,33H,5-6,12-17,20H2,1-3H3,(H2,32,34,35). The number of benzene rings is 2. The molecular formula is C31H39N7O. The number of ether oxygens (including phenoxy) is 1. The van der Waals surface area contributed by atoms with Crippen molar-refractivity contribution in [1.82, 2.24) is 19.8 Å². The van der Waals surface area contributed by atoms with E-state index in [4.69, 9.17) is 10.5 Å². The largest absolute Gasteiger partial charge is 0.491 e. The number of hydrogen-bond acceptors (Lipinski definition) is 8. The zero-order chi connectivity index (χ0) is 26.9. The molecule has 0 amide bonds. The molecule has 0 spiro atoms. The molecule has 3 aliphatic rings. The molecule has 0 bridgehead atoms. The summed E-state index contributed by atoms with van der Waals surface area (Å²) in [5.41, 5.74) is 13.5. The highest BCUT2D eigenvalue weighted by Gasteiger charge is 2.26. The van der Waals surface area contributed by atoms with Crippen LogP contribution in [0.4, 0.5) is 17.5 Å². The first-order valence-electron chi connectivity index (χ1n) is 14.1. The number of hydrogen-bond donors (Lipinski definition) is 2. The summed E-state index contributed by atoms with van der Waals surface area (Å²) in [6.07, 6.45) is 3.52. The number of fused-ring (bicyclic) bond motifs is 1. The minimum absolute atomic E-state index is 0.170. The third-order valence-electron chi connectivity index (χ3n) is 7.71. The highest BCUT2D eigenvalue weighted by Crippen LogP contribution is 2.36. The smallest absolute Gasteiger partial charge is 0.222 e. The van der Waals surface area contributed by atoms with Crippen LogP contribution in [0.5, 0.6) is 5.75 Å². The molecule has 1 saturated heterocycles. The second kappa shape index (κ2) is 10.8. The maximum atomic E-state index is 6.19. The lowest BCUT2D eigenvalue weighted by atomic mass is 9.96. The number of nitrogens with zero attached hydrogens (tertiary/aromatic N) is 5. The molecule has 2 fully saturated rings. The van der Waals surface area contributed by atoms with Crippen molar-refractivity contribution < 1.29 is 4.74 Å². The van der Waals surface area contributed by atoms with Gasteiger partial charge in [0.25, 0.3) is 0 Å². The minimum atomic E-state index is 0.170. The zero-order valence-corrected chi connectivity index (χ0v) is 23.3. The van der Waals surface area contributed by atoms with Crippen molar-refractivity contribution in [2.24, 2.45) is 0 Å². The van der Waals surface area contributed by atoms with Crippen LogP contribution in [0.2, 0.25) is 0 Å². The summed E-state index contributed by atoms with van der Waals surface area (Å²) in [7, 11) is 2.16. The van der Waals surface area contributed by atoms with E-state index >= 15 is 0 Å². The quantitative estimate of drug-likeness (QED) is 0.458. The Morgan fingerprint density at radius 1 is 0.897 bits per heavy atom. The number of nitrogens with one attached hydrogen (secondary N) is 1. The Hall–Kier alpha value is -3.78. The lowest BCUT2D eigenvalue weighted by Gasteiger charge is -2.34. The van der Waals surface area contributed by atoms with Crippen LogP contribution in [0.3, 0.4) is 0 Å². The molecule has 8 heteroatoms. The molecular weight excluding hydrogens is 486 g/mol. The van der Waals surface area contributed by atoms with E-state index in [-0.39, 0.29) is 6.10 Å². The fourth-order valence-electron chi connectivity index (χ4n) is 5.42. The van der Waals surface area contributed by atoms with E-state index in [9.17, 15) is 0 Å². The average molecular weight is 526 g/mol. The molecule has 8 nitrogen and oxygen atoms in total. The molecule has 39 heavy (non-hydrogen) atoms. The number of aromatic nitrogens is 2. The SMILES string of the molecule is CC(C)Oc1ccc(NC(=C2CC2)N2CCc3ccc(-c4cc(N5CCN(C)CC5)nc(N)n4)cc3C2)cc1. The van der Waals surface area contributed by atoms with Crippen LogP contribution in [0.15, 0.2) is 59.9 Å². The van der Waals surface area contributed by atoms with Crippen molar-refractivity contribution >= 4 is 17.5 Å². The van der Waals surface area contributed by atoms with Gasteiger partial charge in [-0.1, -0.05) is 12.1 Å². The third kappa shape index (κ3) is 5.96. The molecule has 0 atom stereocenters. The van der Waals surface area contributed by atoms with Gasteiger partial charge in [0.1, 0.15) is 17.4 Å². The number of anilines is 3. The average Bonchev–Trinajstić information content (AvgIpc) is 3.77. The van der Waals surface area contributed by atoms with Crippen molar-refractivity contribution in [1.29, 1.82) is 0 Å². The Kier molecular flexibility index (Phi) is 7.04. The number of rotatable bonds is 7. The number of likely N-dealkylation sites (N-methyl/N-ethyl adjacent to an activating group) is 1. The van der Waals surface area contributed by atoms with Crippen molar-refractivity contribution in [3.63, 3.8) is 0 Å². The number of nitrogens with two attached hydrogens (primary N) is 1. The fourth-order valence-corrected chi connectivity index (χ4v) is 5.42. The monoisotopic (exact) mass is 525 g/mol. The van der Waals surface area contributed by atoms with Gasteiger partial charge in [-0.05, 0) is 87.2 Å². The van der Waals surface area contributed by atoms with Crippen LogP contribution in [0.1, 0.15) is 37.8 Å². The molecule has 3 N–H and O–H groups in total. The minimum Gasteiger partial charge on any atom is -0.491 e. The van der Waals surface area contributed by atoms with Gasteiger partial charge in [0, 0.05) is 56.6 Å². The summed E-state index contributed by atoms with van der Waals surface area (Å²) in [4.78, 5) is 16.3. The van der Waals surface area contributed by atoms with Crippen LogP contribution >= 0.6 is 0 Å². The van der Waals surface area contributed by atoms with E-state index in [0.29, 0.717) is 5.95 Å². The Bertz CT molecular complexity index is 1350. The van der Waals surface area contributed by atoms with Crippen LogP contribution in [0.25, 0.3) is 11.3 Å². The number of allylic oxidation sites excluding steroid dienone is 1. The molecule has 2 aliphatic heterocycles. The van der Waals surface area contributed by atoms with Crippen LogP contribution in [0, 0.1) is 0 Å². The van der Waals surface area contributed by atoms with Gasteiger partial charge in [-0.2, -0.15) is 4.98 Å². The van der Waals surface area contributed by atoms with E-state index in [2.05, 4.69) is 73.4 Å². The fraction of sp³-hybridized carbons (Fsp3) is 0.419. The van der Waals surface area contributed by atoms with Gasteiger partial charge in [-0.25, -0.2) is 4.98 Å². The van der Waals surface area contributed by atoms with Gasteiger partial charge in [-0.15, -0.1) is 0 Å². The van der Waals surface area contributed by atoms with Crippen LogP contribution in [-0.2, 0) is 13.0 Å². The summed E-state index contributed by atoms with van der Waals surface area (Å²) in [5, 5.41) is 3.73. The maximum absolute atomic E-state index is 6.19. The predicted molar refractivity (Wildman–Crippen MR) is 158 cm³/mol. The van der Waals surface area contributed by atoms with Crippen molar-refractivity contribution in [3.8, 4) is 17.0 Å². The topological polar surface area (TPSA) is 82.8 Å². The van der Waals surface area contributed by atoms with Crippen LogP contribution in [-0.4, -0.2) is 65.6 Å². The molecule has 2 aromatic carbocycles. The zero-order valence-electron chi connectivity index (χ0n) is 23.3. The lowest BCUT2D eigenvalue weighted by Crippen LogP contribution is -2.44. The molecule has 0 unspecified atom stereocenters. The summed E-state index contributed by atoms with van der Waals surface area (Å²) in [6, 6.07) is 17.1. The van der Waals surface area contributed by atoms with Gasteiger partial charge >= 0.3 is 0 Å². The normalized spacial score (nSPS) is 17.3. The number of piperazine rings is 1. The first-order chi connectivity index (χ1) is 18.9. The molecule has 1 saturated carbocycles. The highest BCUT2D eigenvalue weighted by molar-refractivity contribution is 5.66. The molecule has 3 heterocycles. The maximum Gasteiger partial charge on any atom is 0.222 e. The van der Waals surface area contributed by atoms with Gasteiger partial charge in [0.15, 0.2) is 0 Å². The summed E-state index contributed by atoms with van der Waals surface area (Å²) in [5.74, 6) is 3.40. The predicted octanol–water partition coefficient (Wildman–Crippen LogP) is 4.74. The summed E-state index contributed by atoms with van der Waals surface area (Å²) in [6.45, 7) is 9.91. The van der Waals surface area contributed by atoms with Gasteiger partial charge in [0.2, 0.25) is 5.95 Å². The molecule has 1 aliphatic carbocycles. The first kappa shape index (κ1) is 25.5. The molecule has 204 valence electrons. The van der Waals surface area contributed by atoms with Gasteiger partial charge < -0.3 is 30.5 Å². The van der Waals surface area contributed by atoms with E-state index in [1.807, 2.05) is 26.0 Å². The van der Waals surface area contributed by atoms with E-state index in [1.165, 1.54) is 22.5 Å². The first-order valence-corrected chi connectivity index (χ1v) is 14.1. The number of nitrogen functional groups attached to an aromatic ring is 1. The highest BCUT2D eigenvalue weighted by atomic mass is 16.5. The summed E-state index contributed by atoms with van der Waals surface area (Å²) < 4.78 is 5.82. The van der Waals surface area contributed by atoms with Crippen LogP contribution < -0.4 is 20.7 Å². The Labute approximate surface area is 231 Å². The summed E-state index contributed by atoms with van der Waals surface area (Å²) >= 11 is 0. The Morgan fingerprint density at radius 2 is 1.67 bits per heavy atom. The second-order valence-electron chi connectivity index (χ2n) is 11.2. The Balaban J connectivity index is 1.21. The second-order valence-corrected chi connectivity index (χ2v) is 11.2. The van der Waals surface area contributed by atoms with Crippen molar-refractivity contribution in [2.75, 3.05) is 55.7 Å². The molecule has 0 radical (unpaired) electrons. The lowest BCUT2D eigenvalue weighted by molar-refractivity contribution is 0.242. The molecule has 6 rings (SSSR count). The van der Waals surface area contributed by atoms with Crippen molar-refractivity contribution in [2.45, 2.75) is 45.8 Å².